The predicted molar refractivity (Wildman–Crippen MR) is 49.1 cm³/mol. The summed E-state index contributed by atoms with van der Waals surface area (Å²) in [6, 6.07) is 7.31. The van der Waals surface area contributed by atoms with Gasteiger partial charge in [0.2, 0.25) is 0 Å². The predicted octanol–water partition coefficient (Wildman–Crippen LogP) is 1.49. The summed E-state index contributed by atoms with van der Waals surface area (Å²) in [5, 5.41) is 9.82. The number of hydrogen-bond acceptors (Lipinski definition) is 2. The number of aromatic nitrogens is 2. The molecule has 0 aliphatic carbocycles. The first kappa shape index (κ1) is 8.01. The third-order valence-corrected chi connectivity index (χ3v) is 1.94. The molecule has 1 unspecified atom stereocenters. The van der Waals surface area contributed by atoms with Crippen LogP contribution < -0.4 is 0 Å². The molecule has 3 nitrogen and oxygen atoms in total. The average Bonchev–Trinajstić information content (AvgIpc) is 2.71. The minimum atomic E-state index is -0.585. The molecule has 2 aromatic heterocycles. The van der Waals surface area contributed by atoms with Gasteiger partial charge in [0.05, 0.1) is 0 Å². The number of aromatic amines is 1. The topological polar surface area (TPSA) is 48.9 Å². The summed E-state index contributed by atoms with van der Waals surface area (Å²) >= 11 is 0. The van der Waals surface area contributed by atoms with Gasteiger partial charge in [0.15, 0.2) is 0 Å². The normalized spacial score (nSPS) is 12.7. The monoisotopic (exact) mass is 174 g/mol. The third kappa shape index (κ3) is 1.60. The van der Waals surface area contributed by atoms with Crippen molar-refractivity contribution in [1.29, 1.82) is 0 Å². The van der Waals surface area contributed by atoms with Crippen molar-refractivity contribution in [1.82, 2.24) is 9.97 Å². The third-order valence-electron chi connectivity index (χ3n) is 1.94. The molecule has 3 heteroatoms. The van der Waals surface area contributed by atoms with E-state index in [1.165, 1.54) is 0 Å². The van der Waals surface area contributed by atoms with Gasteiger partial charge in [-0.25, -0.2) is 0 Å². The van der Waals surface area contributed by atoms with E-state index in [1.54, 1.807) is 30.7 Å². The van der Waals surface area contributed by atoms with Crippen LogP contribution in [0.4, 0.5) is 0 Å². The standard InChI is InChI=1S/C10H10N2O/c13-10(9-2-1-5-12-9)8-3-6-11-7-4-8/h1-7,10,12-13H. The summed E-state index contributed by atoms with van der Waals surface area (Å²) in [6.45, 7) is 0. The minimum Gasteiger partial charge on any atom is -0.382 e. The van der Waals surface area contributed by atoms with Crippen LogP contribution in [0.1, 0.15) is 17.4 Å². The van der Waals surface area contributed by atoms with E-state index in [0.717, 1.165) is 11.3 Å². The first-order valence-electron chi connectivity index (χ1n) is 4.09. The van der Waals surface area contributed by atoms with Crippen molar-refractivity contribution in [3.05, 3.63) is 54.1 Å². The Labute approximate surface area is 76.1 Å². The zero-order valence-corrected chi connectivity index (χ0v) is 7.01. The van der Waals surface area contributed by atoms with Crippen LogP contribution in [0.2, 0.25) is 0 Å². The number of nitrogens with one attached hydrogen (secondary N) is 1. The maximum atomic E-state index is 9.82. The van der Waals surface area contributed by atoms with Crippen LogP contribution in [0.25, 0.3) is 0 Å². The van der Waals surface area contributed by atoms with Crippen LogP contribution in [-0.4, -0.2) is 15.1 Å². The van der Waals surface area contributed by atoms with E-state index >= 15 is 0 Å². The van der Waals surface area contributed by atoms with Crippen molar-refractivity contribution in [2.45, 2.75) is 6.10 Å². The second-order valence-corrected chi connectivity index (χ2v) is 2.81. The number of aliphatic hydroxyl groups excluding tert-OH is 1. The first-order chi connectivity index (χ1) is 6.38. The molecule has 0 spiro atoms. The Morgan fingerprint density at radius 1 is 1.23 bits per heavy atom. The molecular weight excluding hydrogens is 164 g/mol. The Bertz CT molecular complexity index is 356. The fraction of sp³-hybridized carbons (Fsp3) is 0.100. The fourth-order valence-electron chi connectivity index (χ4n) is 1.24. The highest BCUT2D eigenvalue weighted by molar-refractivity contribution is 5.23. The van der Waals surface area contributed by atoms with Crippen molar-refractivity contribution < 1.29 is 5.11 Å². The SMILES string of the molecule is OC(c1ccncc1)c1ccc[nH]1. The lowest BCUT2D eigenvalue weighted by molar-refractivity contribution is 0.216. The van der Waals surface area contributed by atoms with Gasteiger partial charge in [-0.05, 0) is 29.8 Å². The summed E-state index contributed by atoms with van der Waals surface area (Å²) in [7, 11) is 0. The molecule has 2 rings (SSSR count). The average molecular weight is 174 g/mol. The van der Waals surface area contributed by atoms with Crippen LogP contribution in [0.5, 0.6) is 0 Å². The molecular formula is C10H10N2O. The van der Waals surface area contributed by atoms with Gasteiger partial charge in [-0.2, -0.15) is 0 Å². The summed E-state index contributed by atoms with van der Waals surface area (Å²) in [6.07, 6.45) is 4.54. The van der Waals surface area contributed by atoms with Gasteiger partial charge >= 0.3 is 0 Å². The molecule has 0 saturated carbocycles. The molecule has 0 amide bonds. The molecule has 2 aromatic rings. The molecule has 13 heavy (non-hydrogen) atoms. The Balaban J connectivity index is 2.29. The first-order valence-corrected chi connectivity index (χ1v) is 4.09. The summed E-state index contributed by atoms with van der Waals surface area (Å²) in [5.41, 5.74) is 1.64. The summed E-state index contributed by atoms with van der Waals surface area (Å²) in [5.74, 6) is 0. The molecule has 0 aromatic carbocycles. The quantitative estimate of drug-likeness (QED) is 0.724. The van der Waals surface area contributed by atoms with Crippen molar-refractivity contribution in [3.8, 4) is 0 Å². The highest BCUT2D eigenvalue weighted by Gasteiger charge is 2.09. The zero-order chi connectivity index (χ0) is 9.10. The van der Waals surface area contributed by atoms with Crippen LogP contribution in [0, 0.1) is 0 Å². The molecule has 2 N–H and O–H groups in total. The molecule has 0 bridgehead atoms. The molecule has 0 aliphatic heterocycles. The summed E-state index contributed by atoms with van der Waals surface area (Å²) < 4.78 is 0. The van der Waals surface area contributed by atoms with E-state index in [4.69, 9.17) is 0 Å². The molecule has 0 radical (unpaired) electrons. The second kappa shape index (κ2) is 3.41. The van der Waals surface area contributed by atoms with Gasteiger partial charge in [-0.1, -0.05) is 0 Å². The maximum Gasteiger partial charge on any atom is 0.119 e. The molecule has 1 atom stereocenters. The lowest BCUT2D eigenvalue weighted by atomic mass is 10.1. The van der Waals surface area contributed by atoms with Crippen molar-refractivity contribution in [2.24, 2.45) is 0 Å². The maximum absolute atomic E-state index is 9.82. The summed E-state index contributed by atoms with van der Waals surface area (Å²) in [4.78, 5) is 6.85. The molecule has 2 heterocycles. The van der Waals surface area contributed by atoms with E-state index in [1.807, 2.05) is 12.1 Å². The second-order valence-electron chi connectivity index (χ2n) is 2.81. The Hall–Kier alpha value is -1.61. The van der Waals surface area contributed by atoms with E-state index < -0.39 is 6.10 Å². The number of nitrogens with zero attached hydrogens (tertiary/aromatic N) is 1. The Morgan fingerprint density at radius 2 is 2.00 bits per heavy atom. The number of H-pyrrole nitrogens is 1. The number of aliphatic hydroxyl groups is 1. The largest absolute Gasteiger partial charge is 0.382 e. The minimum absolute atomic E-state index is 0.585. The fourth-order valence-corrected chi connectivity index (χ4v) is 1.24. The van der Waals surface area contributed by atoms with Gasteiger partial charge in [-0.3, -0.25) is 4.98 Å². The number of rotatable bonds is 2. The lowest BCUT2D eigenvalue weighted by Crippen LogP contribution is -1.99. The highest BCUT2D eigenvalue weighted by Crippen LogP contribution is 2.18. The Kier molecular flexibility index (Phi) is 2.10. The van der Waals surface area contributed by atoms with E-state index in [0.29, 0.717) is 0 Å². The molecule has 0 saturated heterocycles. The molecule has 0 aliphatic rings. The van der Waals surface area contributed by atoms with E-state index in [-0.39, 0.29) is 0 Å². The Morgan fingerprint density at radius 3 is 2.62 bits per heavy atom. The lowest BCUT2D eigenvalue weighted by Gasteiger charge is -2.07. The number of pyridine rings is 1. The van der Waals surface area contributed by atoms with E-state index in [9.17, 15) is 5.11 Å². The van der Waals surface area contributed by atoms with Crippen molar-refractivity contribution in [2.75, 3.05) is 0 Å². The van der Waals surface area contributed by atoms with Gasteiger partial charge < -0.3 is 10.1 Å². The smallest absolute Gasteiger partial charge is 0.119 e. The van der Waals surface area contributed by atoms with Gasteiger partial charge in [-0.15, -0.1) is 0 Å². The number of hydrogen-bond donors (Lipinski definition) is 2. The van der Waals surface area contributed by atoms with Crippen molar-refractivity contribution >= 4 is 0 Å². The van der Waals surface area contributed by atoms with Gasteiger partial charge in [0.1, 0.15) is 6.10 Å². The van der Waals surface area contributed by atoms with Crippen LogP contribution in [-0.2, 0) is 0 Å². The zero-order valence-electron chi connectivity index (χ0n) is 7.01. The van der Waals surface area contributed by atoms with Crippen LogP contribution in [0.15, 0.2) is 42.9 Å². The highest BCUT2D eigenvalue weighted by atomic mass is 16.3. The molecule has 0 fully saturated rings. The van der Waals surface area contributed by atoms with Crippen LogP contribution in [0.3, 0.4) is 0 Å². The van der Waals surface area contributed by atoms with Gasteiger partial charge in [0, 0.05) is 24.3 Å². The van der Waals surface area contributed by atoms with Crippen molar-refractivity contribution in [3.63, 3.8) is 0 Å². The molecule has 66 valence electrons. The van der Waals surface area contributed by atoms with Gasteiger partial charge in [0.25, 0.3) is 0 Å². The van der Waals surface area contributed by atoms with E-state index in [2.05, 4.69) is 9.97 Å². The van der Waals surface area contributed by atoms with Crippen LogP contribution >= 0.6 is 0 Å².